The van der Waals surface area contributed by atoms with Crippen molar-refractivity contribution in [2.24, 2.45) is 0 Å². The van der Waals surface area contributed by atoms with Gasteiger partial charge >= 0.3 is 0 Å². The molecule has 20 heavy (non-hydrogen) atoms. The topological polar surface area (TPSA) is 82.3 Å². The highest BCUT2D eigenvalue weighted by Crippen LogP contribution is 2.20. The molecule has 2 aromatic rings. The molecule has 0 saturated carbocycles. The van der Waals surface area contributed by atoms with Crippen molar-refractivity contribution in [3.05, 3.63) is 36.2 Å². The van der Waals surface area contributed by atoms with E-state index in [0.717, 1.165) is 11.4 Å². The van der Waals surface area contributed by atoms with Crippen LogP contribution in [0.3, 0.4) is 0 Å². The summed E-state index contributed by atoms with van der Waals surface area (Å²) in [6.07, 6.45) is 1.46. The maximum absolute atomic E-state index is 5.79. The number of rotatable bonds is 6. The lowest BCUT2D eigenvalue weighted by molar-refractivity contribution is 0.334. The van der Waals surface area contributed by atoms with E-state index in [1.54, 1.807) is 7.11 Å². The number of nitrogen functional groups attached to an aromatic ring is 1. The zero-order chi connectivity index (χ0) is 14.4. The molecule has 3 N–H and O–H groups in total. The van der Waals surface area contributed by atoms with Crippen LogP contribution in [0, 0.1) is 6.92 Å². The van der Waals surface area contributed by atoms with Gasteiger partial charge in [0, 0.05) is 0 Å². The largest absolute Gasteiger partial charge is 0.490 e. The standard InChI is InChI=1S/C14H18N4O2/c1-10-13(17-9-18-14(10)19-2)16-7-8-20-12-6-4-3-5-11(12)15/h3-6,9H,7-8,15H2,1-2H3,(H,16,17,18). The molecule has 6 heteroatoms. The van der Waals surface area contributed by atoms with Gasteiger partial charge in [-0.05, 0) is 19.1 Å². The minimum atomic E-state index is 0.486. The van der Waals surface area contributed by atoms with Crippen molar-refractivity contribution < 1.29 is 9.47 Å². The molecule has 0 bridgehead atoms. The first kappa shape index (κ1) is 13.9. The summed E-state index contributed by atoms with van der Waals surface area (Å²) in [6.45, 7) is 2.99. The van der Waals surface area contributed by atoms with Gasteiger partial charge in [0.15, 0.2) is 0 Å². The van der Waals surface area contributed by atoms with Crippen molar-refractivity contribution in [2.75, 3.05) is 31.3 Å². The van der Waals surface area contributed by atoms with Crippen LogP contribution in [0.5, 0.6) is 11.6 Å². The first-order valence-electron chi connectivity index (χ1n) is 6.29. The van der Waals surface area contributed by atoms with Crippen LogP contribution in [-0.2, 0) is 0 Å². The van der Waals surface area contributed by atoms with Crippen molar-refractivity contribution in [2.45, 2.75) is 6.92 Å². The summed E-state index contributed by atoms with van der Waals surface area (Å²) >= 11 is 0. The smallest absolute Gasteiger partial charge is 0.221 e. The summed E-state index contributed by atoms with van der Waals surface area (Å²) in [6, 6.07) is 7.41. The average Bonchev–Trinajstić information content (AvgIpc) is 2.47. The van der Waals surface area contributed by atoms with Crippen LogP contribution in [0.2, 0.25) is 0 Å². The molecule has 0 aliphatic carbocycles. The van der Waals surface area contributed by atoms with Gasteiger partial charge in [0.05, 0.1) is 24.9 Å². The van der Waals surface area contributed by atoms with Crippen LogP contribution < -0.4 is 20.5 Å². The van der Waals surface area contributed by atoms with E-state index in [2.05, 4.69) is 15.3 Å². The number of hydrogen-bond donors (Lipinski definition) is 2. The number of hydrogen-bond acceptors (Lipinski definition) is 6. The lowest BCUT2D eigenvalue weighted by Gasteiger charge is -2.12. The van der Waals surface area contributed by atoms with Gasteiger partial charge in [-0.1, -0.05) is 12.1 Å². The number of nitrogens with one attached hydrogen (secondary N) is 1. The lowest BCUT2D eigenvalue weighted by Crippen LogP contribution is -2.14. The summed E-state index contributed by atoms with van der Waals surface area (Å²) < 4.78 is 10.7. The third-order valence-corrected chi connectivity index (χ3v) is 2.80. The van der Waals surface area contributed by atoms with Gasteiger partial charge in [-0.25, -0.2) is 9.97 Å². The summed E-state index contributed by atoms with van der Waals surface area (Å²) in [4.78, 5) is 8.19. The Morgan fingerprint density at radius 1 is 1.25 bits per heavy atom. The fourth-order valence-corrected chi connectivity index (χ4v) is 1.76. The van der Waals surface area contributed by atoms with Gasteiger partial charge in [0.1, 0.15) is 24.5 Å². The third kappa shape index (κ3) is 3.28. The molecule has 0 atom stereocenters. The normalized spacial score (nSPS) is 10.1. The number of aromatic nitrogens is 2. The highest BCUT2D eigenvalue weighted by molar-refractivity contribution is 5.52. The van der Waals surface area contributed by atoms with Gasteiger partial charge in [-0.3, -0.25) is 0 Å². The SMILES string of the molecule is COc1ncnc(NCCOc2ccccc2N)c1C. The molecule has 0 radical (unpaired) electrons. The Labute approximate surface area is 118 Å². The van der Waals surface area contributed by atoms with Crippen LogP contribution in [-0.4, -0.2) is 30.2 Å². The molecule has 0 aliphatic heterocycles. The first-order chi connectivity index (χ1) is 9.72. The van der Waals surface area contributed by atoms with E-state index < -0.39 is 0 Å². The predicted octanol–water partition coefficient (Wildman–Crippen LogP) is 1.87. The van der Waals surface area contributed by atoms with Crippen molar-refractivity contribution in [3.8, 4) is 11.6 Å². The highest BCUT2D eigenvalue weighted by atomic mass is 16.5. The number of benzene rings is 1. The molecule has 0 fully saturated rings. The monoisotopic (exact) mass is 274 g/mol. The average molecular weight is 274 g/mol. The molecular weight excluding hydrogens is 256 g/mol. The zero-order valence-electron chi connectivity index (χ0n) is 11.6. The second kappa shape index (κ2) is 6.60. The molecule has 0 amide bonds. The minimum Gasteiger partial charge on any atom is -0.490 e. The summed E-state index contributed by atoms with van der Waals surface area (Å²) in [5.74, 6) is 1.99. The number of anilines is 2. The number of para-hydroxylation sites is 2. The summed E-state index contributed by atoms with van der Waals surface area (Å²) in [5.41, 5.74) is 7.29. The van der Waals surface area contributed by atoms with Crippen molar-refractivity contribution in [1.29, 1.82) is 0 Å². The van der Waals surface area contributed by atoms with E-state index in [0.29, 0.717) is 30.5 Å². The van der Waals surface area contributed by atoms with Gasteiger partial charge in [-0.2, -0.15) is 0 Å². The van der Waals surface area contributed by atoms with Gasteiger partial charge in [0.2, 0.25) is 5.88 Å². The Hall–Kier alpha value is -2.50. The van der Waals surface area contributed by atoms with Gasteiger partial charge in [-0.15, -0.1) is 0 Å². The molecule has 0 unspecified atom stereocenters. The Morgan fingerprint density at radius 3 is 2.80 bits per heavy atom. The van der Waals surface area contributed by atoms with E-state index in [1.165, 1.54) is 6.33 Å². The molecular formula is C14H18N4O2. The third-order valence-electron chi connectivity index (χ3n) is 2.80. The van der Waals surface area contributed by atoms with Crippen LogP contribution in [0.1, 0.15) is 5.56 Å². The second-order valence-corrected chi connectivity index (χ2v) is 4.17. The Morgan fingerprint density at radius 2 is 2.05 bits per heavy atom. The maximum Gasteiger partial charge on any atom is 0.221 e. The van der Waals surface area contributed by atoms with Gasteiger partial charge in [0.25, 0.3) is 0 Å². The summed E-state index contributed by atoms with van der Waals surface area (Å²) in [7, 11) is 1.58. The van der Waals surface area contributed by atoms with Crippen LogP contribution >= 0.6 is 0 Å². The fourth-order valence-electron chi connectivity index (χ4n) is 1.76. The first-order valence-corrected chi connectivity index (χ1v) is 6.29. The van der Waals surface area contributed by atoms with Crippen LogP contribution in [0.4, 0.5) is 11.5 Å². The number of nitrogens with two attached hydrogens (primary N) is 1. The molecule has 2 rings (SSSR count). The number of ether oxygens (including phenoxy) is 2. The molecule has 1 aromatic carbocycles. The van der Waals surface area contributed by atoms with Gasteiger partial charge < -0.3 is 20.5 Å². The fraction of sp³-hybridized carbons (Fsp3) is 0.286. The van der Waals surface area contributed by atoms with Crippen molar-refractivity contribution in [1.82, 2.24) is 9.97 Å². The van der Waals surface area contributed by atoms with Crippen LogP contribution in [0.15, 0.2) is 30.6 Å². The highest BCUT2D eigenvalue weighted by Gasteiger charge is 2.06. The number of methoxy groups -OCH3 is 1. The van der Waals surface area contributed by atoms with Crippen LogP contribution in [0.25, 0.3) is 0 Å². The Kier molecular flexibility index (Phi) is 4.60. The van der Waals surface area contributed by atoms with Crippen molar-refractivity contribution in [3.63, 3.8) is 0 Å². The van der Waals surface area contributed by atoms with E-state index in [9.17, 15) is 0 Å². The van der Waals surface area contributed by atoms with Crippen molar-refractivity contribution >= 4 is 11.5 Å². The molecule has 106 valence electrons. The molecule has 0 spiro atoms. The molecule has 1 heterocycles. The minimum absolute atomic E-state index is 0.486. The van der Waals surface area contributed by atoms with E-state index in [-0.39, 0.29) is 0 Å². The second-order valence-electron chi connectivity index (χ2n) is 4.17. The number of nitrogens with zero attached hydrogens (tertiary/aromatic N) is 2. The quantitative estimate of drug-likeness (QED) is 0.618. The molecule has 6 nitrogen and oxygen atoms in total. The molecule has 0 aliphatic rings. The van der Waals surface area contributed by atoms with E-state index in [4.69, 9.17) is 15.2 Å². The molecule has 0 saturated heterocycles. The van der Waals surface area contributed by atoms with E-state index in [1.807, 2.05) is 31.2 Å². The predicted molar refractivity (Wildman–Crippen MR) is 78.2 cm³/mol. The summed E-state index contributed by atoms with van der Waals surface area (Å²) in [5, 5.41) is 3.18. The zero-order valence-corrected chi connectivity index (χ0v) is 11.6. The Balaban J connectivity index is 1.86. The molecule has 1 aromatic heterocycles. The lowest BCUT2D eigenvalue weighted by atomic mass is 10.3. The van der Waals surface area contributed by atoms with E-state index >= 15 is 0 Å². The Bertz CT molecular complexity index is 575. The maximum atomic E-state index is 5.79.